The summed E-state index contributed by atoms with van der Waals surface area (Å²) < 4.78 is 8.13. The molecule has 0 radical (unpaired) electrons. The van der Waals surface area contributed by atoms with Gasteiger partial charge in [-0.05, 0) is 12.8 Å². The molecule has 7 nitrogen and oxygen atoms in total. The summed E-state index contributed by atoms with van der Waals surface area (Å²) in [7, 11) is 3.69. The minimum absolute atomic E-state index is 0.0426. The number of imidazole rings is 1. The first-order valence-corrected chi connectivity index (χ1v) is 9.80. The molecule has 3 aliphatic rings. The highest BCUT2D eigenvalue weighted by atomic mass is 16.5. The first-order valence-electron chi connectivity index (χ1n) is 9.80. The molecular weight excluding hydrogens is 344 g/mol. The highest BCUT2D eigenvalue weighted by Crippen LogP contribution is 2.52. The molecule has 3 aliphatic heterocycles. The van der Waals surface area contributed by atoms with Gasteiger partial charge in [0, 0.05) is 32.5 Å². The molecule has 1 aromatic rings. The van der Waals surface area contributed by atoms with Crippen molar-refractivity contribution in [2.45, 2.75) is 51.0 Å². The number of hydrogen-bond acceptors (Lipinski definition) is 4. The number of ether oxygens (including phenoxy) is 1. The molecule has 2 amide bonds. The number of rotatable bonds is 6. The average molecular weight is 372 g/mol. The number of aryl methyl sites for hydroxylation is 1. The van der Waals surface area contributed by atoms with E-state index >= 15 is 0 Å². The molecule has 27 heavy (non-hydrogen) atoms. The number of hydrogen-bond donors (Lipinski definition) is 0. The van der Waals surface area contributed by atoms with Crippen molar-refractivity contribution in [1.29, 1.82) is 0 Å². The van der Waals surface area contributed by atoms with Crippen LogP contribution >= 0.6 is 0 Å². The van der Waals surface area contributed by atoms with E-state index in [-0.39, 0.29) is 24.0 Å². The Kier molecular flexibility index (Phi) is 4.37. The van der Waals surface area contributed by atoms with Crippen molar-refractivity contribution in [2.24, 2.45) is 18.9 Å². The highest BCUT2D eigenvalue weighted by molar-refractivity contribution is 5.93. The molecule has 146 valence electrons. The van der Waals surface area contributed by atoms with Gasteiger partial charge >= 0.3 is 0 Å². The Hall–Kier alpha value is -2.15. The number of carbonyl (C=O) groups excluding carboxylic acids is 2. The third-order valence-electron chi connectivity index (χ3n) is 6.47. The topological polar surface area (TPSA) is 67.7 Å². The molecule has 0 aliphatic carbocycles. The Bertz CT molecular complexity index is 784. The van der Waals surface area contributed by atoms with Crippen LogP contribution in [0.3, 0.4) is 0 Å². The van der Waals surface area contributed by atoms with Crippen molar-refractivity contribution in [3.8, 4) is 0 Å². The maximum Gasteiger partial charge on any atom is 0.230 e. The van der Waals surface area contributed by atoms with Crippen LogP contribution < -0.4 is 0 Å². The second kappa shape index (κ2) is 6.48. The van der Waals surface area contributed by atoms with Gasteiger partial charge in [-0.25, -0.2) is 4.98 Å². The normalized spacial score (nSPS) is 31.2. The van der Waals surface area contributed by atoms with Gasteiger partial charge in [-0.15, -0.1) is 0 Å². The van der Waals surface area contributed by atoms with Gasteiger partial charge in [-0.1, -0.05) is 26.0 Å². The van der Waals surface area contributed by atoms with Crippen LogP contribution in [0.2, 0.25) is 0 Å². The van der Waals surface area contributed by atoms with Crippen LogP contribution in [0.4, 0.5) is 0 Å². The zero-order valence-corrected chi connectivity index (χ0v) is 16.5. The zero-order valence-electron chi connectivity index (χ0n) is 16.5. The quantitative estimate of drug-likeness (QED) is 0.707. The molecule has 2 bridgehead atoms. The number of fused-ring (bicyclic) bond motifs is 1. The number of nitrogens with zero attached hydrogens (tertiary/aromatic N) is 4. The molecule has 0 saturated carbocycles. The largest absolute Gasteiger partial charge is 0.360 e. The van der Waals surface area contributed by atoms with Crippen molar-refractivity contribution >= 4 is 11.8 Å². The van der Waals surface area contributed by atoms with Crippen LogP contribution in [0.25, 0.3) is 0 Å². The number of likely N-dealkylation sites (tertiary alicyclic amines) is 1. The Morgan fingerprint density at radius 3 is 2.81 bits per heavy atom. The van der Waals surface area contributed by atoms with Crippen molar-refractivity contribution in [1.82, 2.24) is 19.4 Å². The first-order chi connectivity index (χ1) is 12.9. The maximum absolute atomic E-state index is 13.3. The van der Waals surface area contributed by atoms with E-state index in [1.165, 1.54) is 0 Å². The van der Waals surface area contributed by atoms with Crippen molar-refractivity contribution in [3.05, 3.63) is 30.4 Å². The molecule has 0 unspecified atom stereocenters. The molecule has 0 N–H and O–H groups in total. The van der Waals surface area contributed by atoms with E-state index in [2.05, 4.69) is 18.8 Å². The van der Waals surface area contributed by atoms with E-state index in [0.29, 0.717) is 13.1 Å². The summed E-state index contributed by atoms with van der Waals surface area (Å²) in [5.74, 6) is -0.0219. The van der Waals surface area contributed by atoms with Crippen LogP contribution in [-0.2, 0) is 27.9 Å². The van der Waals surface area contributed by atoms with Crippen molar-refractivity contribution in [2.75, 3.05) is 13.6 Å². The molecule has 2 saturated heterocycles. The van der Waals surface area contributed by atoms with Gasteiger partial charge in [-0.3, -0.25) is 9.59 Å². The lowest BCUT2D eigenvalue weighted by molar-refractivity contribution is -0.143. The summed E-state index contributed by atoms with van der Waals surface area (Å²) in [6.07, 6.45) is 9.09. The van der Waals surface area contributed by atoms with E-state index in [1.807, 2.05) is 34.9 Å². The Balaban J connectivity index is 1.57. The van der Waals surface area contributed by atoms with Crippen LogP contribution in [-0.4, -0.2) is 62.5 Å². The van der Waals surface area contributed by atoms with Gasteiger partial charge in [0.2, 0.25) is 11.8 Å². The molecule has 1 spiro atoms. The van der Waals surface area contributed by atoms with E-state index in [4.69, 9.17) is 4.74 Å². The van der Waals surface area contributed by atoms with Gasteiger partial charge in [-0.2, -0.15) is 0 Å². The third-order valence-corrected chi connectivity index (χ3v) is 6.47. The van der Waals surface area contributed by atoms with Gasteiger partial charge < -0.3 is 19.1 Å². The van der Waals surface area contributed by atoms with Crippen LogP contribution in [0.1, 0.15) is 32.5 Å². The summed E-state index contributed by atoms with van der Waals surface area (Å²) in [5.41, 5.74) is -0.630. The molecular formula is C20H28N4O3. The number of amides is 2. The fraction of sp³-hybridized carbons (Fsp3) is 0.650. The van der Waals surface area contributed by atoms with Gasteiger partial charge in [0.05, 0.1) is 31.0 Å². The molecule has 1 aromatic heterocycles. The molecule has 4 heterocycles. The fourth-order valence-corrected chi connectivity index (χ4v) is 4.94. The van der Waals surface area contributed by atoms with Crippen LogP contribution in [0, 0.1) is 11.8 Å². The standard InChI is InChI=1S/C20H28N4O3/c1-5-13(6-2)24-12-20-8-7-14(27-20)16(17(20)19(24)26)18(25)23(4)11-15-21-9-10-22(15)3/h7-10,13-14,16-17H,5-6,11-12H2,1-4H3/t14-,16-,17+,20-/m0/s1. The zero-order chi connectivity index (χ0) is 19.3. The monoisotopic (exact) mass is 372 g/mol. The summed E-state index contributed by atoms with van der Waals surface area (Å²) in [6.45, 7) is 5.18. The van der Waals surface area contributed by atoms with Gasteiger partial charge in [0.1, 0.15) is 11.4 Å². The fourth-order valence-electron chi connectivity index (χ4n) is 4.94. The van der Waals surface area contributed by atoms with E-state index in [1.54, 1.807) is 18.1 Å². The SMILES string of the molecule is CCC(CC)N1C[C@]23C=C[C@H](O2)[C@H](C(=O)N(C)Cc2nccn2C)[C@@H]3C1=O. The predicted molar refractivity (Wildman–Crippen MR) is 99.5 cm³/mol. The number of aromatic nitrogens is 2. The highest BCUT2D eigenvalue weighted by Gasteiger charge is 2.67. The second-order valence-electron chi connectivity index (χ2n) is 7.99. The summed E-state index contributed by atoms with van der Waals surface area (Å²) in [4.78, 5) is 34.5. The minimum atomic E-state index is -0.630. The van der Waals surface area contributed by atoms with Gasteiger partial charge in [0.25, 0.3) is 0 Å². The minimum Gasteiger partial charge on any atom is -0.360 e. The smallest absolute Gasteiger partial charge is 0.230 e. The Labute approximate surface area is 160 Å². The first kappa shape index (κ1) is 18.2. The Morgan fingerprint density at radius 2 is 2.19 bits per heavy atom. The summed E-state index contributed by atoms with van der Waals surface area (Å²) in [5, 5.41) is 0. The lowest BCUT2D eigenvalue weighted by Gasteiger charge is -2.29. The van der Waals surface area contributed by atoms with Crippen molar-refractivity contribution < 1.29 is 14.3 Å². The average Bonchev–Trinajstić information content (AvgIpc) is 3.39. The lowest BCUT2D eigenvalue weighted by atomic mass is 9.76. The van der Waals surface area contributed by atoms with E-state index in [9.17, 15) is 9.59 Å². The summed E-state index contributed by atoms with van der Waals surface area (Å²) in [6, 6.07) is 0.203. The molecule has 4 rings (SSSR count). The summed E-state index contributed by atoms with van der Waals surface area (Å²) >= 11 is 0. The van der Waals surface area contributed by atoms with Gasteiger partial charge in [0.15, 0.2) is 0 Å². The van der Waals surface area contributed by atoms with E-state index in [0.717, 1.165) is 18.7 Å². The Morgan fingerprint density at radius 1 is 1.44 bits per heavy atom. The molecule has 2 fully saturated rings. The second-order valence-corrected chi connectivity index (χ2v) is 7.99. The van der Waals surface area contributed by atoms with Crippen molar-refractivity contribution in [3.63, 3.8) is 0 Å². The number of carbonyl (C=O) groups is 2. The maximum atomic E-state index is 13.3. The predicted octanol–water partition coefficient (Wildman–Crippen LogP) is 1.35. The molecule has 0 aromatic carbocycles. The third kappa shape index (κ3) is 2.63. The lowest BCUT2D eigenvalue weighted by Crippen LogP contribution is -2.45. The van der Waals surface area contributed by atoms with Crippen LogP contribution in [0.15, 0.2) is 24.5 Å². The molecule has 7 heteroatoms. The van der Waals surface area contributed by atoms with E-state index < -0.39 is 17.4 Å². The molecule has 4 atom stereocenters. The van der Waals surface area contributed by atoms with Crippen LogP contribution in [0.5, 0.6) is 0 Å².